The van der Waals surface area contributed by atoms with Crippen LogP contribution in [0.4, 0.5) is 13.6 Å². The second-order valence-electron chi connectivity index (χ2n) is 4.01. The van der Waals surface area contributed by atoms with Crippen LogP contribution in [0.5, 0.6) is 11.8 Å². The summed E-state index contributed by atoms with van der Waals surface area (Å²) in [6.07, 6.45) is -0.968. The van der Waals surface area contributed by atoms with Gasteiger partial charge in [-0.3, -0.25) is 0 Å². The molecule has 0 aliphatic rings. The second-order valence-corrected chi connectivity index (χ2v) is 4.75. The van der Waals surface area contributed by atoms with Crippen LogP contribution in [0.25, 0.3) is 11.3 Å². The maximum atomic E-state index is 12.4. The lowest BCUT2D eigenvalue weighted by atomic mass is 10.2. The Hall–Kier alpha value is -2.13. The van der Waals surface area contributed by atoms with Gasteiger partial charge in [0.25, 0.3) is 0 Å². The van der Waals surface area contributed by atoms with Crippen LogP contribution in [0.15, 0.2) is 12.1 Å². The topological polar surface area (TPSA) is 75.5 Å². The second kappa shape index (κ2) is 6.97. The SMILES string of the molecule is COC(=O)Oc1ccc(-c2nn(C)c(OC(F)F)c2Cl)c(Cl)n1. The molecular formula is C12H9Cl2F2N3O4. The van der Waals surface area contributed by atoms with E-state index >= 15 is 0 Å². The number of carbonyl (C=O) groups is 1. The van der Waals surface area contributed by atoms with Gasteiger partial charge in [-0.2, -0.15) is 13.9 Å². The molecule has 7 nitrogen and oxygen atoms in total. The van der Waals surface area contributed by atoms with E-state index in [1.54, 1.807) is 0 Å². The summed E-state index contributed by atoms with van der Waals surface area (Å²) < 4.78 is 39.1. The van der Waals surface area contributed by atoms with Crippen LogP contribution >= 0.6 is 23.2 Å². The zero-order chi connectivity index (χ0) is 17.1. The monoisotopic (exact) mass is 367 g/mol. The lowest BCUT2D eigenvalue weighted by Crippen LogP contribution is -2.08. The fourth-order valence-electron chi connectivity index (χ4n) is 1.65. The molecule has 0 bridgehead atoms. The van der Waals surface area contributed by atoms with Gasteiger partial charge in [0.1, 0.15) is 15.9 Å². The van der Waals surface area contributed by atoms with Gasteiger partial charge in [0.05, 0.1) is 7.11 Å². The Labute approximate surface area is 138 Å². The van der Waals surface area contributed by atoms with Crippen molar-refractivity contribution in [2.45, 2.75) is 6.61 Å². The average molecular weight is 368 g/mol. The van der Waals surface area contributed by atoms with Crippen LogP contribution in [0.3, 0.4) is 0 Å². The van der Waals surface area contributed by atoms with Crippen molar-refractivity contribution in [2.75, 3.05) is 7.11 Å². The molecule has 0 aromatic carbocycles. The molecule has 0 radical (unpaired) electrons. The predicted molar refractivity (Wildman–Crippen MR) is 76.1 cm³/mol. The van der Waals surface area contributed by atoms with Crippen molar-refractivity contribution < 1.29 is 27.8 Å². The van der Waals surface area contributed by atoms with E-state index in [4.69, 9.17) is 27.9 Å². The Morgan fingerprint density at radius 1 is 1.35 bits per heavy atom. The highest BCUT2D eigenvalue weighted by Gasteiger charge is 2.22. The molecule has 0 unspecified atom stereocenters. The van der Waals surface area contributed by atoms with E-state index in [9.17, 15) is 13.6 Å². The van der Waals surface area contributed by atoms with Crippen molar-refractivity contribution in [1.29, 1.82) is 0 Å². The molecule has 0 aliphatic carbocycles. The van der Waals surface area contributed by atoms with Crippen LogP contribution in [0, 0.1) is 0 Å². The van der Waals surface area contributed by atoms with Crippen LogP contribution < -0.4 is 9.47 Å². The van der Waals surface area contributed by atoms with E-state index in [1.807, 2.05) is 0 Å². The van der Waals surface area contributed by atoms with Crippen molar-refractivity contribution in [3.05, 3.63) is 22.3 Å². The number of rotatable bonds is 4. The fourth-order valence-corrected chi connectivity index (χ4v) is 2.19. The maximum Gasteiger partial charge on any atom is 0.514 e. The molecule has 0 aliphatic heterocycles. The Bertz CT molecular complexity index is 739. The van der Waals surface area contributed by atoms with E-state index in [-0.39, 0.29) is 33.2 Å². The molecule has 2 aromatic rings. The molecule has 11 heteroatoms. The van der Waals surface area contributed by atoms with Gasteiger partial charge < -0.3 is 14.2 Å². The summed E-state index contributed by atoms with van der Waals surface area (Å²) in [7, 11) is 2.51. The Morgan fingerprint density at radius 3 is 2.61 bits per heavy atom. The number of ether oxygens (including phenoxy) is 3. The summed E-state index contributed by atoms with van der Waals surface area (Å²) in [6, 6.07) is 2.73. The van der Waals surface area contributed by atoms with Gasteiger partial charge in [-0.05, 0) is 6.07 Å². The number of alkyl halides is 2. The highest BCUT2D eigenvalue weighted by atomic mass is 35.5. The van der Waals surface area contributed by atoms with Crippen molar-refractivity contribution in [2.24, 2.45) is 7.05 Å². The zero-order valence-corrected chi connectivity index (χ0v) is 13.2. The quantitative estimate of drug-likeness (QED) is 0.607. The molecule has 124 valence electrons. The van der Waals surface area contributed by atoms with Crippen molar-refractivity contribution in [1.82, 2.24) is 14.8 Å². The van der Waals surface area contributed by atoms with Crippen LogP contribution in [-0.2, 0) is 11.8 Å². The average Bonchev–Trinajstić information content (AvgIpc) is 2.75. The summed E-state index contributed by atoms with van der Waals surface area (Å²) in [5.74, 6) is -0.427. The first-order valence-electron chi connectivity index (χ1n) is 5.93. The highest BCUT2D eigenvalue weighted by molar-refractivity contribution is 6.36. The molecule has 2 heterocycles. The first-order valence-corrected chi connectivity index (χ1v) is 6.69. The summed E-state index contributed by atoms with van der Waals surface area (Å²) >= 11 is 12.0. The van der Waals surface area contributed by atoms with Crippen molar-refractivity contribution in [3.63, 3.8) is 0 Å². The van der Waals surface area contributed by atoms with Crippen molar-refractivity contribution >= 4 is 29.4 Å². The highest BCUT2D eigenvalue weighted by Crippen LogP contribution is 2.38. The molecular weight excluding hydrogens is 359 g/mol. The van der Waals surface area contributed by atoms with E-state index in [1.165, 1.54) is 19.2 Å². The minimum absolute atomic E-state index is 0.0898. The molecule has 0 saturated carbocycles. The van der Waals surface area contributed by atoms with Crippen LogP contribution in [-0.4, -0.2) is 34.6 Å². The number of halogens is 4. The molecule has 0 fully saturated rings. The minimum Gasteiger partial charge on any atom is -0.437 e. The van der Waals surface area contributed by atoms with Crippen molar-refractivity contribution in [3.8, 4) is 23.0 Å². The standard InChI is InChI=1S/C12H9Cl2F2N3O4/c1-19-10(23-11(15)16)7(13)8(18-19)5-3-4-6(17-9(5)14)22-12(20)21-2/h3-4,11H,1-2H3. The number of nitrogens with zero attached hydrogens (tertiary/aromatic N) is 3. The van der Waals surface area contributed by atoms with Crippen LogP contribution in [0.1, 0.15) is 0 Å². The number of methoxy groups -OCH3 is 1. The fraction of sp³-hybridized carbons (Fsp3) is 0.250. The summed E-state index contributed by atoms with van der Waals surface area (Å²) in [4.78, 5) is 14.8. The molecule has 0 atom stereocenters. The third-order valence-corrected chi connectivity index (χ3v) is 3.20. The largest absolute Gasteiger partial charge is 0.514 e. The number of hydrogen-bond acceptors (Lipinski definition) is 6. The molecule has 2 rings (SSSR count). The summed E-state index contributed by atoms with van der Waals surface area (Å²) in [6.45, 7) is -3.06. The van der Waals surface area contributed by atoms with Gasteiger partial charge in [-0.25, -0.2) is 14.5 Å². The number of aromatic nitrogens is 3. The number of hydrogen-bond donors (Lipinski definition) is 0. The van der Waals surface area contributed by atoms with Gasteiger partial charge in [0.2, 0.25) is 11.8 Å². The zero-order valence-electron chi connectivity index (χ0n) is 11.7. The maximum absolute atomic E-state index is 12.4. The number of carbonyl (C=O) groups excluding carboxylic acids is 1. The van der Waals surface area contributed by atoms with Crippen LogP contribution in [0.2, 0.25) is 10.2 Å². The minimum atomic E-state index is -3.06. The molecule has 0 saturated heterocycles. The van der Waals surface area contributed by atoms with Gasteiger partial charge in [0.15, 0.2) is 0 Å². The van der Waals surface area contributed by atoms with E-state index in [0.29, 0.717) is 0 Å². The van der Waals surface area contributed by atoms with E-state index in [2.05, 4.69) is 19.6 Å². The molecule has 0 N–H and O–H groups in total. The van der Waals surface area contributed by atoms with Gasteiger partial charge >= 0.3 is 12.8 Å². The van der Waals surface area contributed by atoms with Gasteiger partial charge in [-0.15, -0.1) is 0 Å². The number of pyridine rings is 1. The normalized spacial score (nSPS) is 10.7. The van der Waals surface area contributed by atoms with Gasteiger partial charge in [0, 0.05) is 18.7 Å². The Morgan fingerprint density at radius 2 is 2.04 bits per heavy atom. The lowest BCUT2D eigenvalue weighted by Gasteiger charge is -2.05. The number of aryl methyl sites for hydroxylation is 1. The lowest BCUT2D eigenvalue weighted by molar-refractivity contribution is -0.0552. The summed E-state index contributed by atoms with van der Waals surface area (Å²) in [5.41, 5.74) is 0.334. The smallest absolute Gasteiger partial charge is 0.437 e. The molecule has 2 aromatic heterocycles. The van der Waals surface area contributed by atoms with Gasteiger partial charge in [-0.1, -0.05) is 23.2 Å². The Kier molecular flexibility index (Phi) is 5.22. The van der Waals surface area contributed by atoms with E-state index in [0.717, 1.165) is 11.8 Å². The molecule has 23 heavy (non-hydrogen) atoms. The third kappa shape index (κ3) is 3.80. The van der Waals surface area contributed by atoms with E-state index < -0.39 is 12.8 Å². The summed E-state index contributed by atoms with van der Waals surface area (Å²) in [5, 5.41) is 3.71. The first kappa shape index (κ1) is 17.2. The first-order chi connectivity index (χ1) is 10.8. The molecule has 0 spiro atoms. The Balaban J connectivity index is 2.37. The third-order valence-electron chi connectivity index (χ3n) is 2.57. The molecule has 0 amide bonds. The predicted octanol–water partition coefficient (Wildman–Crippen LogP) is 3.54.